The normalized spacial score (nSPS) is 26.1. The first-order valence-electron chi connectivity index (χ1n) is 4.75. The van der Waals surface area contributed by atoms with Crippen LogP contribution in [0.5, 0.6) is 0 Å². The number of rotatable bonds is 1. The van der Waals surface area contributed by atoms with Crippen LogP contribution < -0.4 is 5.32 Å². The zero-order valence-corrected chi connectivity index (χ0v) is 10.6. The predicted octanol–water partition coefficient (Wildman–Crippen LogP) is 1.65. The quantitative estimate of drug-likeness (QED) is 0.800. The van der Waals surface area contributed by atoms with Crippen LogP contribution in [0.3, 0.4) is 0 Å². The van der Waals surface area contributed by atoms with E-state index < -0.39 is 5.54 Å². The molecule has 1 amide bonds. The standard InChI is InChI=1S/C11H12INO2/c1-11(7-15-6-10(14)13-11)8-3-2-4-9(12)5-8/h2-5H,6-7H2,1H3,(H,13,14). The predicted molar refractivity (Wildman–Crippen MR) is 65.5 cm³/mol. The van der Waals surface area contributed by atoms with E-state index in [0.717, 1.165) is 9.13 Å². The van der Waals surface area contributed by atoms with Crippen molar-refractivity contribution < 1.29 is 9.53 Å². The lowest BCUT2D eigenvalue weighted by atomic mass is 9.92. The SMILES string of the molecule is CC1(c2cccc(I)c2)COCC(=O)N1. The molecule has 0 spiro atoms. The van der Waals surface area contributed by atoms with Crippen LogP contribution >= 0.6 is 22.6 Å². The topological polar surface area (TPSA) is 38.3 Å². The largest absolute Gasteiger partial charge is 0.369 e. The van der Waals surface area contributed by atoms with Crippen LogP contribution in [-0.4, -0.2) is 19.1 Å². The van der Waals surface area contributed by atoms with Crippen molar-refractivity contribution in [3.8, 4) is 0 Å². The van der Waals surface area contributed by atoms with Crippen LogP contribution in [0.15, 0.2) is 24.3 Å². The maximum atomic E-state index is 11.3. The summed E-state index contributed by atoms with van der Waals surface area (Å²) in [7, 11) is 0. The lowest BCUT2D eigenvalue weighted by molar-refractivity contribution is -0.135. The van der Waals surface area contributed by atoms with Gasteiger partial charge in [-0.2, -0.15) is 0 Å². The van der Waals surface area contributed by atoms with Gasteiger partial charge in [-0.05, 0) is 47.2 Å². The molecule has 1 saturated heterocycles. The summed E-state index contributed by atoms with van der Waals surface area (Å²) >= 11 is 2.26. The number of nitrogens with one attached hydrogen (secondary N) is 1. The summed E-state index contributed by atoms with van der Waals surface area (Å²) in [6, 6.07) is 8.09. The molecule has 0 saturated carbocycles. The van der Waals surface area contributed by atoms with Crippen molar-refractivity contribution in [2.24, 2.45) is 0 Å². The second-order valence-electron chi connectivity index (χ2n) is 3.88. The van der Waals surface area contributed by atoms with Crippen LogP contribution in [0.25, 0.3) is 0 Å². The van der Waals surface area contributed by atoms with E-state index in [9.17, 15) is 4.79 Å². The molecule has 4 heteroatoms. The smallest absolute Gasteiger partial charge is 0.246 e. The van der Waals surface area contributed by atoms with Gasteiger partial charge in [-0.3, -0.25) is 4.79 Å². The number of carbonyl (C=O) groups excluding carboxylic acids is 1. The number of hydrogen-bond acceptors (Lipinski definition) is 2. The Balaban J connectivity index is 2.32. The molecule has 15 heavy (non-hydrogen) atoms. The number of hydrogen-bond donors (Lipinski definition) is 1. The van der Waals surface area contributed by atoms with Gasteiger partial charge >= 0.3 is 0 Å². The van der Waals surface area contributed by atoms with E-state index in [1.54, 1.807) is 0 Å². The Labute approximate surface area is 102 Å². The molecule has 80 valence electrons. The minimum Gasteiger partial charge on any atom is -0.369 e. The molecule has 1 aromatic rings. The Hall–Kier alpha value is -0.620. The fourth-order valence-electron chi connectivity index (χ4n) is 1.71. The summed E-state index contributed by atoms with van der Waals surface area (Å²) in [5, 5.41) is 2.97. The lowest BCUT2D eigenvalue weighted by Gasteiger charge is -2.34. The molecule has 1 aliphatic heterocycles. The first kappa shape index (κ1) is 10.9. The molecule has 1 unspecified atom stereocenters. The number of halogens is 1. The zero-order chi connectivity index (χ0) is 10.9. The Kier molecular flexibility index (Phi) is 2.97. The third-order valence-electron chi connectivity index (χ3n) is 2.50. The van der Waals surface area contributed by atoms with Crippen molar-refractivity contribution in [3.63, 3.8) is 0 Å². The van der Waals surface area contributed by atoms with Gasteiger partial charge in [-0.15, -0.1) is 0 Å². The van der Waals surface area contributed by atoms with Gasteiger partial charge in [0.25, 0.3) is 0 Å². The molecule has 1 atom stereocenters. The van der Waals surface area contributed by atoms with Gasteiger partial charge < -0.3 is 10.1 Å². The van der Waals surface area contributed by atoms with Crippen molar-refractivity contribution in [2.75, 3.05) is 13.2 Å². The molecule has 0 aliphatic carbocycles. The number of ether oxygens (including phenoxy) is 1. The minimum absolute atomic E-state index is 0.0531. The second kappa shape index (κ2) is 4.09. The molecular weight excluding hydrogens is 305 g/mol. The number of carbonyl (C=O) groups is 1. The highest BCUT2D eigenvalue weighted by molar-refractivity contribution is 14.1. The Morgan fingerprint density at radius 3 is 3.00 bits per heavy atom. The highest BCUT2D eigenvalue weighted by Gasteiger charge is 2.32. The average molecular weight is 317 g/mol. The monoisotopic (exact) mass is 317 g/mol. The molecule has 1 N–H and O–H groups in total. The van der Waals surface area contributed by atoms with E-state index >= 15 is 0 Å². The summed E-state index contributed by atoms with van der Waals surface area (Å²) < 4.78 is 6.44. The molecule has 0 aromatic heterocycles. The van der Waals surface area contributed by atoms with Crippen molar-refractivity contribution in [2.45, 2.75) is 12.5 Å². The lowest BCUT2D eigenvalue weighted by Crippen LogP contribution is -2.52. The number of morpholine rings is 1. The van der Waals surface area contributed by atoms with Crippen LogP contribution in [-0.2, 0) is 15.1 Å². The summed E-state index contributed by atoms with van der Waals surface area (Å²) in [5.74, 6) is -0.0531. The fraction of sp³-hybridized carbons (Fsp3) is 0.364. The van der Waals surface area contributed by atoms with Crippen LogP contribution in [0.1, 0.15) is 12.5 Å². The third-order valence-corrected chi connectivity index (χ3v) is 3.17. The van der Waals surface area contributed by atoms with Crippen LogP contribution in [0.2, 0.25) is 0 Å². The molecule has 1 heterocycles. The van der Waals surface area contributed by atoms with Crippen molar-refractivity contribution >= 4 is 28.5 Å². The van der Waals surface area contributed by atoms with Crippen molar-refractivity contribution in [1.29, 1.82) is 0 Å². The molecule has 1 aromatic carbocycles. The summed E-state index contributed by atoms with van der Waals surface area (Å²) in [5.41, 5.74) is 0.693. The van der Waals surface area contributed by atoms with Gasteiger partial charge in [0, 0.05) is 3.57 Å². The number of benzene rings is 1. The molecule has 3 nitrogen and oxygen atoms in total. The van der Waals surface area contributed by atoms with E-state index in [-0.39, 0.29) is 12.5 Å². The summed E-state index contributed by atoms with van der Waals surface area (Å²) in [6.07, 6.45) is 0. The van der Waals surface area contributed by atoms with Crippen LogP contribution in [0.4, 0.5) is 0 Å². The number of amides is 1. The van der Waals surface area contributed by atoms with Gasteiger partial charge in [-0.1, -0.05) is 12.1 Å². The Morgan fingerprint density at radius 1 is 1.53 bits per heavy atom. The molecule has 2 rings (SSSR count). The Bertz CT molecular complexity index is 394. The first-order valence-corrected chi connectivity index (χ1v) is 5.83. The van der Waals surface area contributed by atoms with Crippen molar-refractivity contribution in [1.82, 2.24) is 5.32 Å². The average Bonchev–Trinajstić information content (AvgIpc) is 2.17. The van der Waals surface area contributed by atoms with E-state index in [2.05, 4.69) is 34.0 Å². The Morgan fingerprint density at radius 2 is 2.33 bits per heavy atom. The second-order valence-corrected chi connectivity index (χ2v) is 5.13. The summed E-state index contributed by atoms with van der Waals surface area (Å²) in [4.78, 5) is 11.3. The molecular formula is C11H12INO2. The maximum absolute atomic E-state index is 11.3. The highest BCUT2D eigenvalue weighted by atomic mass is 127. The van der Waals surface area contributed by atoms with E-state index in [1.165, 1.54) is 0 Å². The maximum Gasteiger partial charge on any atom is 0.246 e. The fourth-order valence-corrected chi connectivity index (χ4v) is 2.26. The minimum atomic E-state index is -0.392. The third kappa shape index (κ3) is 2.31. The zero-order valence-electron chi connectivity index (χ0n) is 8.42. The highest BCUT2D eigenvalue weighted by Crippen LogP contribution is 2.24. The van der Waals surface area contributed by atoms with Gasteiger partial charge in [0.15, 0.2) is 0 Å². The van der Waals surface area contributed by atoms with Crippen LogP contribution in [0, 0.1) is 3.57 Å². The van der Waals surface area contributed by atoms with Crippen molar-refractivity contribution in [3.05, 3.63) is 33.4 Å². The van der Waals surface area contributed by atoms with E-state index in [4.69, 9.17) is 4.74 Å². The molecule has 1 fully saturated rings. The van der Waals surface area contributed by atoms with Gasteiger partial charge in [-0.25, -0.2) is 0 Å². The summed E-state index contributed by atoms with van der Waals surface area (Å²) in [6.45, 7) is 2.67. The van der Waals surface area contributed by atoms with Gasteiger partial charge in [0.05, 0.1) is 12.1 Å². The van der Waals surface area contributed by atoms with E-state index in [1.807, 2.05) is 25.1 Å². The van der Waals surface area contributed by atoms with Gasteiger partial charge in [0.2, 0.25) is 5.91 Å². The van der Waals surface area contributed by atoms with E-state index in [0.29, 0.717) is 6.61 Å². The van der Waals surface area contributed by atoms with Gasteiger partial charge in [0.1, 0.15) is 6.61 Å². The molecule has 1 aliphatic rings. The first-order chi connectivity index (χ1) is 7.10. The molecule has 0 radical (unpaired) electrons. The molecule has 0 bridgehead atoms.